The molecule has 1 aromatic carbocycles. The number of piperidine rings is 1. The number of hydrogen-bond donors (Lipinski definition) is 1. The predicted molar refractivity (Wildman–Crippen MR) is 91.5 cm³/mol. The van der Waals surface area contributed by atoms with Gasteiger partial charge in [-0.1, -0.05) is 11.6 Å². The molecular formula is C13H19BrCl2N2O2S. The molecular weight excluding hydrogens is 399 g/mol. The summed E-state index contributed by atoms with van der Waals surface area (Å²) < 4.78 is 27.2. The Hall–Kier alpha value is 0.150. The van der Waals surface area contributed by atoms with Gasteiger partial charge in [0.25, 0.3) is 0 Å². The maximum Gasteiger partial charge on any atom is 0.243 e. The highest BCUT2D eigenvalue weighted by atomic mass is 79.9. The largest absolute Gasteiger partial charge is 0.328 e. The first kappa shape index (κ1) is 19.2. The second-order valence-electron chi connectivity index (χ2n) is 5.18. The van der Waals surface area contributed by atoms with Crippen molar-refractivity contribution < 1.29 is 8.42 Å². The highest BCUT2D eigenvalue weighted by Crippen LogP contribution is 2.29. The van der Waals surface area contributed by atoms with Crippen molar-refractivity contribution in [1.82, 2.24) is 4.31 Å². The first-order valence-electron chi connectivity index (χ1n) is 6.53. The lowest BCUT2D eigenvalue weighted by Crippen LogP contribution is -2.42. The molecule has 0 radical (unpaired) electrons. The van der Waals surface area contributed by atoms with Crippen LogP contribution < -0.4 is 5.73 Å². The molecule has 1 saturated heterocycles. The van der Waals surface area contributed by atoms with Crippen LogP contribution in [0.1, 0.15) is 19.8 Å². The molecule has 0 aromatic heterocycles. The fourth-order valence-corrected chi connectivity index (χ4v) is 4.57. The highest BCUT2D eigenvalue weighted by molar-refractivity contribution is 9.10. The van der Waals surface area contributed by atoms with Crippen LogP contribution in [0.25, 0.3) is 0 Å². The fraction of sp³-hybridized carbons (Fsp3) is 0.538. The van der Waals surface area contributed by atoms with Gasteiger partial charge < -0.3 is 5.73 Å². The maximum absolute atomic E-state index is 12.6. The molecule has 1 atom stereocenters. The van der Waals surface area contributed by atoms with Crippen LogP contribution in [0, 0.1) is 5.92 Å². The molecule has 0 saturated carbocycles. The molecule has 1 aliphatic heterocycles. The van der Waals surface area contributed by atoms with Crippen LogP contribution in [0.15, 0.2) is 27.6 Å². The first-order chi connectivity index (χ1) is 9.32. The molecule has 1 aliphatic rings. The number of sulfonamides is 1. The van der Waals surface area contributed by atoms with Crippen LogP contribution in [-0.4, -0.2) is 31.9 Å². The Balaban J connectivity index is 0.00000220. The van der Waals surface area contributed by atoms with E-state index < -0.39 is 10.0 Å². The Labute approximate surface area is 145 Å². The summed E-state index contributed by atoms with van der Waals surface area (Å²) in [5.74, 6) is 0.401. The van der Waals surface area contributed by atoms with E-state index in [4.69, 9.17) is 17.3 Å². The predicted octanol–water partition coefficient (Wildman–Crippen LogP) is 3.27. The molecule has 2 N–H and O–H groups in total. The van der Waals surface area contributed by atoms with E-state index in [-0.39, 0.29) is 23.3 Å². The van der Waals surface area contributed by atoms with Gasteiger partial charge in [-0.15, -0.1) is 12.4 Å². The molecule has 0 aliphatic carbocycles. The quantitative estimate of drug-likeness (QED) is 0.820. The SMILES string of the molecule is CC(N)C1CCN(S(=O)(=O)c2ccc(Cl)c(Br)c2)CC1.Cl. The number of benzene rings is 1. The highest BCUT2D eigenvalue weighted by Gasteiger charge is 2.30. The standard InChI is InChI=1S/C13H18BrClN2O2S.ClH/c1-9(16)10-4-6-17(7-5-10)20(18,19)11-2-3-13(15)12(14)8-11;/h2-3,8-10H,4-7,16H2,1H3;1H. The summed E-state index contributed by atoms with van der Waals surface area (Å²) in [6, 6.07) is 4.80. The number of nitrogens with zero attached hydrogens (tertiary/aromatic N) is 1. The van der Waals surface area contributed by atoms with E-state index >= 15 is 0 Å². The smallest absolute Gasteiger partial charge is 0.243 e. The van der Waals surface area contributed by atoms with Gasteiger partial charge in [0.15, 0.2) is 0 Å². The van der Waals surface area contributed by atoms with Gasteiger partial charge in [-0.05, 0) is 59.8 Å². The molecule has 21 heavy (non-hydrogen) atoms. The monoisotopic (exact) mass is 416 g/mol. The summed E-state index contributed by atoms with van der Waals surface area (Å²) in [6.45, 7) is 3.02. The number of rotatable bonds is 3. The third-order valence-electron chi connectivity index (χ3n) is 3.77. The number of hydrogen-bond acceptors (Lipinski definition) is 3. The lowest BCUT2D eigenvalue weighted by molar-refractivity contribution is 0.250. The van der Waals surface area contributed by atoms with Crippen molar-refractivity contribution in [2.24, 2.45) is 11.7 Å². The Morgan fingerprint density at radius 2 is 1.95 bits per heavy atom. The lowest BCUT2D eigenvalue weighted by Gasteiger charge is -2.33. The molecule has 0 spiro atoms. The second kappa shape index (κ2) is 7.62. The van der Waals surface area contributed by atoms with Crippen LogP contribution in [-0.2, 0) is 10.0 Å². The zero-order chi connectivity index (χ0) is 14.9. The van der Waals surface area contributed by atoms with E-state index in [1.807, 2.05) is 6.92 Å². The molecule has 1 fully saturated rings. The third kappa shape index (κ3) is 4.33. The summed E-state index contributed by atoms with van der Waals surface area (Å²) in [5, 5.41) is 0.500. The zero-order valence-corrected chi connectivity index (χ0v) is 15.6. The van der Waals surface area contributed by atoms with Crippen molar-refractivity contribution in [2.75, 3.05) is 13.1 Å². The van der Waals surface area contributed by atoms with Crippen molar-refractivity contribution in [2.45, 2.75) is 30.7 Å². The van der Waals surface area contributed by atoms with Gasteiger partial charge in [-0.3, -0.25) is 0 Å². The van der Waals surface area contributed by atoms with Gasteiger partial charge >= 0.3 is 0 Å². The normalized spacial score (nSPS) is 19.0. The minimum Gasteiger partial charge on any atom is -0.328 e. The van der Waals surface area contributed by atoms with Gasteiger partial charge in [0.05, 0.1) is 9.92 Å². The molecule has 0 amide bonds. The molecule has 2 rings (SSSR count). The summed E-state index contributed by atoms with van der Waals surface area (Å²) in [6.07, 6.45) is 1.62. The Morgan fingerprint density at radius 1 is 1.38 bits per heavy atom. The molecule has 0 bridgehead atoms. The van der Waals surface area contributed by atoms with Gasteiger partial charge in [0.2, 0.25) is 10.0 Å². The second-order valence-corrected chi connectivity index (χ2v) is 8.38. The van der Waals surface area contributed by atoms with Crippen LogP contribution >= 0.6 is 39.9 Å². The minimum absolute atomic E-state index is 0. The summed E-state index contributed by atoms with van der Waals surface area (Å²) >= 11 is 9.16. The Kier molecular flexibility index (Phi) is 6.96. The number of nitrogens with two attached hydrogens (primary N) is 1. The van der Waals surface area contributed by atoms with E-state index in [1.165, 1.54) is 4.31 Å². The topological polar surface area (TPSA) is 63.4 Å². The van der Waals surface area contributed by atoms with E-state index in [0.717, 1.165) is 12.8 Å². The molecule has 120 valence electrons. The van der Waals surface area contributed by atoms with Gasteiger partial charge in [0, 0.05) is 23.6 Å². The van der Waals surface area contributed by atoms with Crippen molar-refractivity contribution in [1.29, 1.82) is 0 Å². The summed E-state index contributed by atoms with van der Waals surface area (Å²) in [7, 11) is -3.45. The Morgan fingerprint density at radius 3 is 2.43 bits per heavy atom. The molecule has 4 nitrogen and oxygen atoms in total. The van der Waals surface area contributed by atoms with Crippen molar-refractivity contribution in [3.63, 3.8) is 0 Å². The van der Waals surface area contributed by atoms with Gasteiger partial charge in [-0.2, -0.15) is 4.31 Å². The van der Waals surface area contributed by atoms with Crippen LogP contribution in [0.4, 0.5) is 0 Å². The van der Waals surface area contributed by atoms with Crippen molar-refractivity contribution >= 4 is 50.0 Å². The van der Waals surface area contributed by atoms with E-state index in [0.29, 0.717) is 28.5 Å². The molecule has 1 unspecified atom stereocenters. The van der Waals surface area contributed by atoms with E-state index in [1.54, 1.807) is 18.2 Å². The summed E-state index contributed by atoms with van der Waals surface area (Å²) in [5.41, 5.74) is 5.88. The zero-order valence-electron chi connectivity index (χ0n) is 11.6. The van der Waals surface area contributed by atoms with Crippen molar-refractivity contribution in [3.05, 3.63) is 27.7 Å². The summed E-state index contributed by atoms with van der Waals surface area (Å²) in [4.78, 5) is 0.271. The maximum atomic E-state index is 12.6. The van der Waals surface area contributed by atoms with E-state index in [9.17, 15) is 8.42 Å². The van der Waals surface area contributed by atoms with E-state index in [2.05, 4.69) is 15.9 Å². The molecule has 8 heteroatoms. The molecule has 1 heterocycles. The van der Waals surface area contributed by atoms with Crippen LogP contribution in [0.2, 0.25) is 5.02 Å². The number of halogens is 3. The van der Waals surface area contributed by atoms with Gasteiger partial charge in [0.1, 0.15) is 0 Å². The lowest BCUT2D eigenvalue weighted by atomic mass is 9.92. The average molecular weight is 418 g/mol. The first-order valence-corrected chi connectivity index (χ1v) is 9.14. The van der Waals surface area contributed by atoms with Crippen LogP contribution in [0.3, 0.4) is 0 Å². The molecule has 1 aromatic rings. The minimum atomic E-state index is -3.45. The van der Waals surface area contributed by atoms with Crippen LogP contribution in [0.5, 0.6) is 0 Å². The average Bonchev–Trinajstić information content (AvgIpc) is 2.41. The fourth-order valence-electron chi connectivity index (χ4n) is 2.43. The third-order valence-corrected chi connectivity index (χ3v) is 6.88. The Bertz CT molecular complexity index is 588. The van der Waals surface area contributed by atoms with Crippen molar-refractivity contribution in [3.8, 4) is 0 Å². The van der Waals surface area contributed by atoms with Gasteiger partial charge in [-0.25, -0.2) is 8.42 Å².